The minimum Gasteiger partial charge on any atom is -0.508 e. The maximum atomic E-state index is 9.71. The van der Waals surface area contributed by atoms with Crippen molar-refractivity contribution in [1.82, 2.24) is 5.32 Å². The summed E-state index contributed by atoms with van der Waals surface area (Å²) in [4.78, 5) is 0. The fourth-order valence-electron chi connectivity index (χ4n) is 2.77. The van der Waals surface area contributed by atoms with Gasteiger partial charge in [0.05, 0.1) is 0 Å². The molecular weight excluding hydrogens is 226 g/mol. The van der Waals surface area contributed by atoms with Crippen LogP contribution in [-0.2, 0) is 6.54 Å². The first kappa shape index (κ1) is 13.2. The van der Waals surface area contributed by atoms with E-state index in [9.17, 15) is 10.2 Å². The topological polar surface area (TPSA) is 52.5 Å². The molecule has 1 fully saturated rings. The van der Waals surface area contributed by atoms with E-state index in [1.807, 2.05) is 0 Å². The van der Waals surface area contributed by atoms with Gasteiger partial charge < -0.3 is 15.5 Å². The third-order valence-electron chi connectivity index (χ3n) is 4.04. The quantitative estimate of drug-likeness (QED) is 0.768. The second-order valence-electron chi connectivity index (χ2n) is 5.38. The van der Waals surface area contributed by atoms with Gasteiger partial charge in [-0.1, -0.05) is 25.3 Å². The highest BCUT2D eigenvalue weighted by molar-refractivity contribution is 5.38. The van der Waals surface area contributed by atoms with E-state index < -0.39 is 0 Å². The summed E-state index contributed by atoms with van der Waals surface area (Å²) in [5, 5.41) is 22.4. The van der Waals surface area contributed by atoms with Gasteiger partial charge in [-0.25, -0.2) is 0 Å². The lowest BCUT2D eigenvalue weighted by Gasteiger charge is -2.28. The molecule has 1 aliphatic rings. The normalized spacial score (nSPS) is 18.7. The first-order valence-corrected chi connectivity index (χ1v) is 6.91. The van der Waals surface area contributed by atoms with Crippen LogP contribution < -0.4 is 5.32 Å². The lowest BCUT2D eigenvalue weighted by molar-refractivity contribution is 0.280. The Hall–Kier alpha value is -1.22. The Labute approximate surface area is 109 Å². The van der Waals surface area contributed by atoms with E-state index in [-0.39, 0.29) is 11.5 Å². The van der Waals surface area contributed by atoms with Crippen LogP contribution >= 0.6 is 0 Å². The molecule has 2 rings (SSSR count). The van der Waals surface area contributed by atoms with Crippen molar-refractivity contribution in [3.8, 4) is 11.5 Å². The average Bonchev–Trinajstić information content (AvgIpc) is 2.38. The number of hydrogen-bond donors (Lipinski definition) is 3. The molecule has 0 heterocycles. The lowest BCUT2D eigenvalue weighted by Crippen LogP contribution is -2.34. The van der Waals surface area contributed by atoms with Gasteiger partial charge in [0.2, 0.25) is 0 Å². The summed E-state index contributed by atoms with van der Waals surface area (Å²) >= 11 is 0. The SMILES string of the molecule is C[C@H](NCc1ccc(O)cc1O)C1CCCCC1. The van der Waals surface area contributed by atoms with Gasteiger partial charge in [-0.05, 0) is 31.7 Å². The van der Waals surface area contributed by atoms with E-state index in [2.05, 4.69) is 12.2 Å². The highest BCUT2D eigenvalue weighted by atomic mass is 16.3. The van der Waals surface area contributed by atoms with Crippen molar-refractivity contribution in [3.05, 3.63) is 23.8 Å². The molecule has 0 saturated heterocycles. The highest BCUT2D eigenvalue weighted by Crippen LogP contribution is 2.27. The first-order valence-electron chi connectivity index (χ1n) is 6.91. The molecular formula is C15H23NO2. The molecule has 3 nitrogen and oxygen atoms in total. The number of nitrogens with one attached hydrogen (secondary N) is 1. The van der Waals surface area contributed by atoms with E-state index in [4.69, 9.17) is 0 Å². The Morgan fingerprint density at radius 1 is 1.22 bits per heavy atom. The molecule has 0 radical (unpaired) electrons. The van der Waals surface area contributed by atoms with Crippen molar-refractivity contribution in [3.63, 3.8) is 0 Å². The molecule has 3 N–H and O–H groups in total. The molecule has 18 heavy (non-hydrogen) atoms. The second kappa shape index (κ2) is 6.10. The zero-order chi connectivity index (χ0) is 13.0. The van der Waals surface area contributed by atoms with Gasteiger partial charge in [-0.3, -0.25) is 0 Å². The maximum Gasteiger partial charge on any atom is 0.123 e. The summed E-state index contributed by atoms with van der Waals surface area (Å²) in [5.41, 5.74) is 0.843. The molecule has 1 aromatic rings. The molecule has 1 saturated carbocycles. The molecule has 1 aliphatic carbocycles. The van der Waals surface area contributed by atoms with Crippen LogP contribution in [0.15, 0.2) is 18.2 Å². The molecule has 100 valence electrons. The van der Waals surface area contributed by atoms with Crippen LogP contribution in [0, 0.1) is 5.92 Å². The minimum atomic E-state index is 0.108. The lowest BCUT2D eigenvalue weighted by atomic mass is 9.84. The van der Waals surface area contributed by atoms with Crippen LogP contribution in [0.4, 0.5) is 0 Å². The summed E-state index contributed by atoms with van der Waals surface area (Å²) in [6.45, 7) is 2.89. The predicted octanol–water partition coefficient (Wildman–Crippen LogP) is 3.16. The van der Waals surface area contributed by atoms with Gasteiger partial charge >= 0.3 is 0 Å². The zero-order valence-corrected chi connectivity index (χ0v) is 11.0. The van der Waals surface area contributed by atoms with Gasteiger partial charge in [0.15, 0.2) is 0 Å². The van der Waals surface area contributed by atoms with Crippen LogP contribution in [0.2, 0.25) is 0 Å². The molecule has 0 aromatic heterocycles. The molecule has 0 amide bonds. The van der Waals surface area contributed by atoms with Crippen molar-refractivity contribution in [1.29, 1.82) is 0 Å². The smallest absolute Gasteiger partial charge is 0.123 e. The van der Waals surface area contributed by atoms with Gasteiger partial charge in [-0.2, -0.15) is 0 Å². The number of benzene rings is 1. The van der Waals surface area contributed by atoms with Crippen LogP contribution in [0.5, 0.6) is 11.5 Å². The predicted molar refractivity (Wildman–Crippen MR) is 72.6 cm³/mol. The molecule has 3 heteroatoms. The molecule has 0 spiro atoms. The fraction of sp³-hybridized carbons (Fsp3) is 0.600. The van der Waals surface area contributed by atoms with Crippen LogP contribution in [-0.4, -0.2) is 16.3 Å². The maximum absolute atomic E-state index is 9.71. The van der Waals surface area contributed by atoms with Crippen molar-refractivity contribution < 1.29 is 10.2 Å². The Morgan fingerprint density at radius 3 is 2.61 bits per heavy atom. The van der Waals surface area contributed by atoms with Crippen molar-refractivity contribution in [2.75, 3.05) is 0 Å². The molecule has 1 aromatic carbocycles. The Kier molecular flexibility index (Phi) is 4.48. The van der Waals surface area contributed by atoms with Gasteiger partial charge in [0.25, 0.3) is 0 Å². The highest BCUT2D eigenvalue weighted by Gasteiger charge is 2.19. The second-order valence-corrected chi connectivity index (χ2v) is 5.38. The van der Waals surface area contributed by atoms with E-state index in [1.54, 1.807) is 12.1 Å². The van der Waals surface area contributed by atoms with E-state index in [0.717, 1.165) is 11.5 Å². The van der Waals surface area contributed by atoms with Crippen molar-refractivity contribution in [2.24, 2.45) is 5.92 Å². The van der Waals surface area contributed by atoms with Crippen molar-refractivity contribution in [2.45, 2.75) is 51.6 Å². The van der Waals surface area contributed by atoms with Crippen LogP contribution in [0.3, 0.4) is 0 Å². The van der Waals surface area contributed by atoms with Gasteiger partial charge in [-0.15, -0.1) is 0 Å². The molecule has 0 bridgehead atoms. The molecule has 0 aliphatic heterocycles. The monoisotopic (exact) mass is 249 g/mol. The number of phenols is 2. The van der Waals surface area contributed by atoms with E-state index >= 15 is 0 Å². The third-order valence-corrected chi connectivity index (χ3v) is 4.04. The Morgan fingerprint density at radius 2 is 1.94 bits per heavy atom. The summed E-state index contributed by atoms with van der Waals surface area (Å²) in [5.74, 6) is 1.04. The van der Waals surface area contributed by atoms with E-state index in [0.29, 0.717) is 12.6 Å². The number of phenolic OH excluding ortho intramolecular Hbond substituents is 2. The standard InChI is InChI=1S/C15H23NO2/c1-11(12-5-3-2-4-6-12)16-10-13-7-8-14(17)9-15(13)18/h7-9,11-12,16-18H,2-6,10H2,1H3/t11-/m0/s1. The van der Waals surface area contributed by atoms with E-state index in [1.165, 1.54) is 38.2 Å². The summed E-state index contributed by atoms with van der Waals surface area (Å²) in [7, 11) is 0. The number of rotatable bonds is 4. The summed E-state index contributed by atoms with van der Waals surface area (Å²) < 4.78 is 0. The van der Waals surface area contributed by atoms with Gasteiger partial charge in [0.1, 0.15) is 11.5 Å². The fourth-order valence-corrected chi connectivity index (χ4v) is 2.77. The molecule has 1 atom stereocenters. The largest absolute Gasteiger partial charge is 0.508 e. The van der Waals surface area contributed by atoms with Gasteiger partial charge in [0, 0.05) is 24.2 Å². The zero-order valence-electron chi connectivity index (χ0n) is 11.0. The third kappa shape index (κ3) is 3.39. The van der Waals surface area contributed by atoms with Crippen LogP contribution in [0.25, 0.3) is 0 Å². The Balaban J connectivity index is 1.86. The summed E-state index contributed by atoms with van der Waals surface area (Å²) in [6.07, 6.45) is 6.70. The van der Waals surface area contributed by atoms with Crippen molar-refractivity contribution >= 4 is 0 Å². The Bertz CT molecular complexity index is 386. The number of hydrogen-bond acceptors (Lipinski definition) is 3. The molecule has 0 unspecified atom stereocenters. The minimum absolute atomic E-state index is 0.108. The first-order chi connectivity index (χ1) is 8.66. The average molecular weight is 249 g/mol. The van der Waals surface area contributed by atoms with Crippen LogP contribution in [0.1, 0.15) is 44.6 Å². The number of aromatic hydroxyl groups is 2. The summed E-state index contributed by atoms with van der Waals surface area (Å²) in [6, 6.07) is 5.26.